The number of carboxylic acids is 1. The Kier molecular flexibility index (Phi) is 4.93. The van der Waals surface area contributed by atoms with Gasteiger partial charge in [-0.25, -0.2) is 4.79 Å². The van der Waals surface area contributed by atoms with Gasteiger partial charge in [-0.2, -0.15) is 0 Å². The van der Waals surface area contributed by atoms with E-state index in [2.05, 4.69) is 24.1 Å². The molecular formula is C12H22N2O3. The van der Waals surface area contributed by atoms with Gasteiger partial charge in [-0.15, -0.1) is 0 Å². The summed E-state index contributed by atoms with van der Waals surface area (Å²) in [5.41, 5.74) is 0. The molecule has 3 atom stereocenters. The summed E-state index contributed by atoms with van der Waals surface area (Å²) in [6.45, 7) is 6.93. The van der Waals surface area contributed by atoms with Crippen molar-refractivity contribution < 1.29 is 14.7 Å². The molecular weight excluding hydrogens is 220 g/mol. The number of rotatable bonds is 4. The SMILES string of the molecule is CC(=O)NC(CN1CC(C)CCC1C)C(=O)O. The molecule has 2 N–H and O–H groups in total. The van der Waals surface area contributed by atoms with E-state index < -0.39 is 12.0 Å². The van der Waals surface area contributed by atoms with E-state index in [1.165, 1.54) is 13.3 Å². The topological polar surface area (TPSA) is 69.6 Å². The average Bonchev–Trinajstić information content (AvgIpc) is 2.21. The molecule has 0 bridgehead atoms. The van der Waals surface area contributed by atoms with Crippen LogP contribution in [0.15, 0.2) is 0 Å². The van der Waals surface area contributed by atoms with E-state index in [-0.39, 0.29) is 5.91 Å². The van der Waals surface area contributed by atoms with Crippen LogP contribution in [0.2, 0.25) is 0 Å². The Morgan fingerprint density at radius 1 is 1.41 bits per heavy atom. The van der Waals surface area contributed by atoms with Crippen LogP contribution < -0.4 is 5.32 Å². The summed E-state index contributed by atoms with van der Waals surface area (Å²) in [4.78, 5) is 24.2. The summed E-state index contributed by atoms with van der Waals surface area (Å²) >= 11 is 0. The van der Waals surface area contributed by atoms with Crippen LogP contribution in [0.4, 0.5) is 0 Å². The maximum Gasteiger partial charge on any atom is 0.327 e. The van der Waals surface area contributed by atoms with E-state index in [1.807, 2.05) is 0 Å². The van der Waals surface area contributed by atoms with Crippen LogP contribution >= 0.6 is 0 Å². The normalized spacial score (nSPS) is 27.5. The number of hydrogen-bond acceptors (Lipinski definition) is 3. The zero-order valence-corrected chi connectivity index (χ0v) is 10.8. The van der Waals surface area contributed by atoms with Crippen molar-refractivity contribution >= 4 is 11.9 Å². The minimum Gasteiger partial charge on any atom is -0.480 e. The lowest BCUT2D eigenvalue weighted by atomic mass is 9.94. The van der Waals surface area contributed by atoms with Gasteiger partial charge in [0, 0.05) is 26.1 Å². The monoisotopic (exact) mass is 242 g/mol. The Bertz CT molecular complexity index is 293. The highest BCUT2D eigenvalue weighted by Crippen LogP contribution is 2.21. The van der Waals surface area contributed by atoms with Crippen LogP contribution in [0.1, 0.15) is 33.6 Å². The highest BCUT2D eigenvalue weighted by Gasteiger charge is 2.28. The number of aliphatic carboxylic acids is 1. The molecule has 0 radical (unpaired) electrons. The van der Waals surface area contributed by atoms with Gasteiger partial charge in [-0.3, -0.25) is 9.69 Å². The van der Waals surface area contributed by atoms with Crippen molar-refractivity contribution in [2.24, 2.45) is 5.92 Å². The molecule has 0 aromatic rings. The second-order valence-electron chi connectivity index (χ2n) is 5.08. The van der Waals surface area contributed by atoms with Gasteiger partial charge < -0.3 is 10.4 Å². The number of carboxylic acid groups (broad SMARTS) is 1. The fourth-order valence-electron chi connectivity index (χ4n) is 2.30. The highest BCUT2D eigenvalue weighted by atomic mass is 16.4. The third kappa shape index (κ3) is 4.34. The van der Waals surface area contributed by atoms with Gasteiger partial charge in [-0.05, 0) is 25.7 Å². The summed E-state index contributed by atoms with van der Waals surface area (Å²) in [7, 11) is 0. The third-order valence-corrected chi connectivity index (χ3v) is 3.34. The fourth-order valence-corrected chi connectivity index (χ4v) is 2.30. The Morgan fingerprint density at radius 2 is 2.06 bits per heavy atom. The molecule has 0 saturated carbocycles. The first kappa shape index (κ1) is 14.0. The van der Waals surface area contributed by atoms with Crippen LogP contribution in [0.5, 0.6) is 0 Å². The molecule has 5 heteroatoms. The van der Waals surface area contributed by atoms with Crippen LogP contribution in [-0.4, -0.2) is 47.1 Å². The van der Waals surface area contributed by atoms with E-state index in [1.54, 1.807) is 0 Å². The fraction of sp³-hybridized carbons (Fsp3) is 0.833. The first-order valence-electron chi connectivity index (χ1n) is 6.14. The second-order valence-corrected chi connectivity index (χ2v) is 5.08. The molecule has 0 aliphatic carbocycles. The summed E-state index contributed by atoms with van der Waals surface area (Å²) in [6, 6.07) is -0.415. The van der Waals surface area contributed by atoms with Crippen LogP contribution in [-0.2, 0) is 9.59 Å². The minimum atomic E-state index is -0.967. The van der Waals surface area contributed by atoms with E-state index >= 15 is 0 Å². The average molecular weight is 242 g/mol. The van der Waals surface area contributed by atoms with Crippen molar-refractivity contribution in [1.29, 1.82) is 0 Å². The predicted molar refractivity (Wildman–Crippen MR) is 64.7 cm³/mol. The van der Waals surface area contributed by atoms with Crippen molar-refractivity contribution in [3.8, 4) is 0 Å². The Labute approximate surface area is 102 Å². The molecule has 3 unspecified atom stereocenters. The minimum absolute atomic E-state index is 0.296. The van der Waals surface area contributed by atoms with Gasteiger partial charge in [-0.1, -0.05) is 6.92 Å². The lowest BCUT2D eigenvalue weighted by molar-refractivity contribution is -0.142. The molecule has 0 aromatic heterocycles. The van der Waals surface area contributed by atoms with Crippen LogP contribution in [0, 0.1) is 5.92 Å². The highest BCUT2D eigenvalue weighted by molar-refractivity contribution is 5.82. The summed E-state index contributed by atoms with van der Waals surface area (Å²) < 4.78 is 0. The van der Waals surface area contributed by atoms with Gasteiger partial charge in [0.25, 0.3) is 0 Å². The number of piperidine rings is 1. The molecule has 1 amide bonds. The quantitative estimate of drug-likeness (QED) is 0.761. The summed E-state index contributed by atoms with van der Waals surface area (Å²) in [5.74, 6) is -0.668. The maximum absolute atomic E-state index is 11.1. The first-order valence-corrected chi connectivity index (χ1v) is 6.14. The molecule has 1 aliphatic heterocycles. The van der Waals surface area contributed by atoms with Crippen molar-refractivity contribution in [2.45, 2.75) is 45.7 Å². The maximum atomic E-state index is 11.1. The Hall–Kier alpha value is -1.10. The van der Waals surface area contributed by atoms with E-state index in [0.29, 0.717) is 18.5 Å². The van der Waals surface area contributed by atoms with Crippen LogP contribution in [0.3, 0.4) is 0 Å². The zero-order chi connectivity index (χ0) is 13.0. The van der Waals surface area contributed by atoms with Crippen molar-refractivity contribution in [2.75, 3.05) is 13.1 Å². The van der Waals surface area contributed by atoms with Crippen LogP contribution in [0.25, 0.3) is 0 Å². The number of carbonyl (C=O) groups excluding carboxylic acids is 1. The Morgan fingerprint density at radius 3 is 2.59 bits per heavy atom. The molecule has 1 heterocycles. The number of likely N-dealkylation sites (tertiary alicyclic amines) is 1. The van der Waals surface area contributed by atoms with Gasteiger partial charge in [0.05, 0.1) is 0 Å². The smallest absolute Gasteiger partial charge is 0.327 e. The third-order valence-electron chi connectivity index (χ3n) is 3.34. The number of amides is 1. The standard InChI is InChI=1S/C12H22N2O3/c1-8-4-5-9(2)14(6-8)7-11(12(16)17)13-10(3)15/h8-9,11H,4-7H2,1-3H3,(H,13,15)(H,16,17). The molecule has 0 aromatic carbocycles. The summed E-state index contributed by atoms with van der Waals surface area (Å²) in [6.07, 6.45) is 2.28. The molecule has 5 nitrogen and oxygen atoms in total. The van der Waals surface area contributed by atoms with E-state index in [4.69, 9.17) is 5.11 Å². The number of hydrogen-bond donors (Lipinski definition) is 2. The van der Waals surface area contributed by atoms with E-state index in [9.17, 15) is 9.59 Å². The molecule has 17 heavy (non-hydrogen) atoms. The molecule has 1 saturated heterocycles. The van der Waals surface area contributed by atoms with Crippen molar-refractivity contribution in [3.63, 3.8) is 0 Å². The zero-order valence-electron chi connectivity index (χ0n) is 10.8. The first-order chi connectivity index (χ1) is 7.90. The molecule has 1 fully saturated rings. The molecule has 1 aliphatic rings. The van der Waals surface area contributed by atoms with Crippen molar-refractivity contribution in [3.05, 3.63) is 0 Å². The molecule has 1 rings (SSSR count). The number of carbonyl (C=O) groups is 2. The molecule has 98 valence electrons. The Balaban J connectivity index is 2.58. The second kappa shape index (κ2) is 6.00. The van der Waals surface area contributed by atoms with E-state index in [0.717, 1.165) is 13.0 Å². The van der Waals surface area contributed by atoms with Gasteiger partial charge in [0.2, 0.25) is 5.91 Å². The number of nitrogens with one attached hydrogen (secondary N) is 1. The van der Waals surface area contributed by atoms with Gasteiger partial charge in [0.1, 0.15) is 6.04 Å². The molecule has 0 spiro atoms. The van der Waals surface area contributed by atoms with Gasteiger partial charge in [0.15, 0.2) is 0 Å². The summed E-state index contributed by atoms with van der Waals surface area (Å²) in [5, 5.41) is 11.5. The lowest BCUT2D eigenvalue weighted by Crippen LogP contribution is -2.52. The van der Waals surface area contributed by atoms with Crippen molar-refractivity contribution in [1.82, 2.24) is 10.2 Å². The lowest BCUT2D eigenvalue weighted by Gasteiger charge is -2.38. The number of nitrogens with zero attached hydrogens (tertiary/aromatic N) is 1. The largest absolute Gasteiger partial charge is 0.480 e. The predicted octanol–water partition coefficient (Wildman–Crippen LogP) is 0.696. The van der Waals surface area contributed by atoms with Gasteiger partial charge >= 0.3 is 5.97 Å².